The highest BCUT2D eigenvalue weighted by Gasteiger charge is 2.34. The van der Waals surface area contributed by atoms with Crippen molar-refractivity contribution in [3.63, 3.8) is 0 Å². The lowest BCUT2D eigenvalue weighted by atomic mass is 9.87. The molecule has 0 spiro atoms. The highest BCUT2D eigenvalue weighted by Crippen LogP contribution is 2.47. The lowest BCUT2D eigenvalue weighted by Crippen LogP contribution is -2.37. The molecular weight excluding hydrogens is 448 g/mol. The largest absolute Gasteiger partial charge is 0.459 e. The molecule has 1 aliphatic carbocycles. The van der Waals surface area contributed by atoms with E-state index in [9.17, 15) is 4.79 Å². The van der Waals surface area contributed by atoms with E-state index in [2.05, 4.69) is 29.3 Å². The van der Waals surface area contributed by atoms with Crippen LogP contribution < -0.4 is 14.8 Å². The third kappa shape index (κ3) is 4.01. The molecule has 1 saturated heterocycles. The van der Waals surface area contributed by atoms with E-state index in [1.54, 1.807) is 29.7 Å². The Morgan fingerprint density at radius 3 is 2.76 bits per heavy atom. The van der Waals surface area contributed by atoms with Crippen LogP contribution in [0.15, 0.2) is 41.0 Å². The number of piperidine rings is 1. The number of nitrogens with zero attached hydrogens (tertiary/aromatic N) is 1. The molecule has 2 aromatic heterocycles. The summed E-state index contributed by atoms with van der Waals surface area (Å²) in [5.74, 6) is 2.49. The summed E-state index contributed by atoms with van der Waals surface area (Å²) in [6, 6.07) is 9.85. The zero-order chi connectivity index (χ0) is 23.1. The molecule has 0 unspecified atom stereocenters. The van der Waals surface area contributed by atoms with Crippen LogP contribution in [0.2, 0.25) is 0 Å². The van der Waals surface area contributed by atoms with E-state index in [0.717, 1.165) is 48.3 Å². The van der Waals surface area contributed by atoms with E-state index in [0.29, 0.717) is 5.76 Å². The molecule has 1 aromatic carbocycles. The van der Waals surface area contributed by atoms with Gasteiger partial charge in [-0.25, -0.2) is 0 Å². The van der Waals surface area contributed by atoms with Gasteiger partial charge >= 0.3 is 0 Å². The van der Waals surface area contributed by atoms with E-state index in [1.165, 1.54) is 47.3 Å². The Bertz CT molecular complexity index is 1180. The average Bonchev–Trinajstić information content (AvgIpc) is 3.61. The predicted octanol–water partition coefficient (Wildman–Crippen LogP) is 6.02. The molecule has 1 fully saturated rings. The Labute approximate surface area is 203 Å². The number of amides is 1. The van der Waals surface area contributed by atoms with Gasteiger partial charge in [0.2, 0.25) is 6.79 Å². The number of furan rings is 1. The number of hydrogen-bond donors (Lipinski definition) is 1. The second kappa shape index (κ2) is 9.12. The van der Waals surface area contributed by atoms with E-state index >= 15 is 0 Å². The molecule has 1 atom stereocenters. The molecule has 0 radical (unpaired) electrons. The maximum absolute atomic E-state index is 13.0. The number of nitrogens with one attached hydrogen (secondary N) is 1. The summed E-state index contributed by atoms with van der Waals surface area (Å²) in [5, 5.41) is 4.18. The number of thiophene rings is 1. The zero-order valence-electron chi connectivity index (χ0n) is 19.5. The smallest absolute Gasteiger partial charge is 0.291 e. The van der Waals surface area contributed by atoms with Crippen LogP contribution in [0.1, 0.15) is 70.8 Å². The first-order valence-corrected chi connectivity index (χ1v) is 13.1. The highest BCUT2D eigenvalue weighted by atomic mass is 32.1. The number of anilines is 1. The van der Waals surface area contributed by atoms with Gasteiger partial charge in [-0.2, -0.15) is 0 Å². The molecule has 0 saturated carbocycles. The second-order valence-corrected chi connectivity index (χ2v) is 10.7. The molecule has 34 heavy (non-hydrogen) atoms. The molecule has 3 aliphatic rings. The number of hydrogen-bond acceptors (Lipinski definition) is 6. The van der Waals surface area contributed by atoms with Crippen LogP contribution in [-0.4, -0.2) is 30.7 Å². The van der Waals surface area contributed by atoms with Gasteiger partial charge in [0.15, 0.2) is 17.3 Å². The van der Waals surface area contributed by atoms with Crippen molar-refractivity contribution in [1.29, 1.82) is 0 Å². The van der Waals surface area contributed by atoms with Crippen molar-refractivity contribution in [3.8, 4) is 11.5 Å². The summed E-state index contributed by atoms with van der Waals surface area (Å²) in [4.78, 5) is 17.0. The van der Waals surface area contributed by atoms with Gasteiger partial charge in [0.1, 0.15) is 5.00 Å². The lowest BCUT2D eigenvalue weighted by molar-refractivity contribution is 0.0996. The molecule has 0 bridgehead atoms. The molecule has 3 aromatic rings. The number of fused-ring (bicyclic) bond motifs is 2. The molecule has 178 valence electrons. The monoisotopic (exact) mass is 478 g/mol. The molecule has 6 nitrogen and oxygen atoms in total. The Kier molecular flexibility index (Phi) is 5.83. The van der Waals surface area contributed by atoms with E-state index in [1.807, 2.05) is 6.07 Å². The fourth-order valence-electron chi connectivity index (χ4n) is 5.47. The van der Waals surface area contributed by atoms with E-state index in [-0.39, 0.29) is 18.7 Å². The summed E-state index contributed by atoms with van der Waals surface area (Å²) >= 11 is 1.74. The molecule has 1 amide bonds. The van der Waals surface area contributed by atoms with Crippen molar-refractivity contribution in [1.82, 2.24) is 4.90 Å². The van der Waals surface area contributed by atoms with Gasteiger partial charge in [-0.3, -0.25) is 9.69 Å². The number of benzene rings is 1. The lowest BCUT2D eigenvalue weighted by Gasteiger charge is -2.38. The quantitative estimate of drug-likeness (QED) is 0.486. The first-order valence-electron chi connectivity index (χ1n) is 12.3. The predicted molar refractivity (Wildman–Crippen MR) is 132 cm³/mol. The fourth-order valence-corrected chi connectivity index (χ4v) is 6.79. The number of carbonyl (C=O) groups excluding carboxylic acids is 1. The minimum atomic E-state index is -0.193. The van der Waals surface area contributed by atoms with Gasteiger partial charge in [-0.15, -0.1) is 11.3 Å². The van der Waals surface area contributed by atoms with Crippen LogP contribution in [0.3, 0.4) is 0 Å². The summed E-state index contributed by atoms with van der Waals surface area (Å²) in [5.41, 5.74) is 3.87. The summed E-state index contributed by atoms with van der Waals surface area (Å²) < 4.78 is 16.7. The maximum atomic E-state index is 13.0. The van der Waals surface area contributed by atoms with Gasteiger partial charge in [0, 0.05) is 10.4 Å². The van der Waals surface area contributed by atoms with Crippen LogP contribution in [0.5, 0.6) is 11.5 Å². The number of ether oxygens (including phenoxy) is 2. The van der Waals surface area contributed by atoms with Crippen LogP contribution in [0.25, 0.3) is 0 Å². The first kappa shape index (κ1) is 21.7. The Morgan fingerprint density at radius 1 is 1.12 bits per heavy atom. The van der Waals surface area contributed by atoms with Gasteiger partial charge < -0.3 is 19.2 Å². The fraction of sp³-hybridized carbons (Fsp3) is 0.444. The van der Waals surface area contributed by atoms with Gasteiger partial charge in [0.05, 0.1) is 12.3 Å². The van der Waals surface area contributed by atoms with Gasteiger partial charge in [-0.05, 0) is 92.9 Å². The van der Waals surface area contributed by atoms with Gasteiger partial charge in [0.25, 0.3) is 5.91 Å². The number of aryl methyl sites for hydroxylation is 1. The Balaban J connectivity index is 1.46. The number of rotatable bonds is 5. The minimum absolute atomic E-state index is 0.0620. The van der Waals surface area contributed by atoms with Crippen LogP contribution >= 0.6 is 11.3 Å². The second-order valence-electron chi connectivity index (χ2n) is 9.62. The standard InChI is InChI=1S/C27H30N2O4S/c1-17-10-12-29(13-11-17)25(18-8-9-20-22(15-18)33-16-32-20)24-19-5-2-3-7-23(19)34-27(24)28-26(30)21-6-4-14-31-21/h4,6,8-9,14-15,17,25H,2-3,5,7,10-13,16H2,1H3,(H,28,30)/t25-/m0/s1. The highest BCUT2D eigenvalue weighted by molar-refractivity contribution is 7.16. The molecule has 4 heterocycles. The van der Waals surface area contributed by atoms with E-state index in [4.69, 9.17) is 13.9 Å². The molecular formula is C27H30N2O4S. The average molecular weight is 479 g/mol. The number of carbonyl (C=O) groups is 1. The van der Waals surface area contributed by atoms with Crippen LogP contribution in [-0.2, 0) is 12.8 Å². The molecule has 7 heteroatoms. The number of likely N-dealkylation sites (tertiary alicyclic amines) is 1. The Morgan fingerprint density at radius 2 is 1.94 bits per heavy atom. The summed E-state index contributed by atoms with van der Waals surface area (Å²) in [6.45, 7) is 4.68. The first-order chi connectivity index (χ1) is 16.7. The summed E-state index contributed by atoms with van der Waals surface area (Å²) in [6.07, 6.45) is 8.43. The maximum Gasteiger partial charge on any atom is 0.291 e. The van der Waals surface area contributed by atoms with Crippen molar-refractivity contribution < 1.29 is 18.7 Å². The van der Waals surface area contributed by atoms with Crippen molar-refractivity contribution in [3.05, 3.63) is 63.9 Å². The normalized spacial score (nSPS) is 19.1. The third-order valence-electron chi connectivity index (χ3n) is 7.35. The molecule has 6 rings (SSSR count). The van der Waals surface area contributed by atoms with E-state index < -0.39 is 0 Å². The van der Waals surface area contributed by atoms with Crippen LogP contribution in [0.4, 0.5) is 5.00 Å². The molecule has 2 aliphatic heterocycles. The van der Waals surface area contributed by atoms with Crippen molar-refractivity contribution >= 4 is 22.2 Å². The summed E-state index contributed by atoms with van der Waals surface area (Å²) in [7, 11) is 0. The van der Waals surface area contributed by atoms with Gasteiger partial charge in [-0.1, -0.05) is 13.0 Å². The van der Waals surface area contributed by atoms with Crippen LogP contribution in [0, 0.1) is 5.92 Å². The SMILES string of the molecule is CC1CCN([C@@H](c2ccc3c(c2)OCO3)c2c(NC(=O)c3ccco3)sc3c2CCCC3)CC1. The van der Waals surface area contributed by atoms with Crippen molar-refractivity contribution in [2.24, 2.45) is 5.92 Å². The van der Waals surface area contributed by atoms with Crippen molar-refractivity contribution in [2.45, 2.75) is 51.5 Å². The Hall–Kier alpha value is -2.77. The zero-order valence-corrected chi connectivity index (χ0v) is 20.3. The minimum Gasteiger partial charge on any atom is -0.459 e. The molecule has 1 N–H and O–H groups in total. The third-order valence-corrected chi connectivity index (χ3v) is 8.58. The topological polar surface area (TPSA) is 63.9 Å². The van der Waals surface area contributed by atoms with Crippen molar-refractivity contribution in [2.75, 3.05) is 25.2 Å².